The number of halogens is 2. The van der Waals surface area contributed by atoms with Crippen LogP contribution < -0.4 is 10.1 Å². The minimum atomic E-state index is -0.228. The Balaban J connectivity index is 1.60. The van der Waals surface area contributed by atoms with Crippen LogP contribution in [0.3, 0.4) is 0 Å². The predicted octanol–water partition coefficient (Wildman–Crippen LogP) is 4.12. The molecule has 0 unspecified atom stereocenters. The van der Waals surface area contributed by atoms with Crippen molar-refractivity contribution in [2.24, 2.45) is 0 Å². The molecule has 0 atom stereocenters. The number of nitrogens with one attached hydrogen (secondary N) is 1. The monoisotopic (exact) mass is 420 g/mol. The molecule has 1 heterocycles. The Morgan fingerprint density at radius 2 is 2.00 bits per heavy atom. The minimum Gasteiger partial charge on any atom is -0.495 e. The maximum absolute atomic E-state index is 12.3. The van der Waals surface area contributed by atoms with E-state index in [0.29, 0.717) is 45.4 Å². The normalized spacial score (nSPS) is 10.9. The van der Waals surface area contributed by atoms with Gasteiger partial charge in [-0.1, -0.05) is 35.3 Å². The third-order valence-electron chi connectivity index (χ3n) is 3.83. The quantitative estimate of drug-likeness (QED) is 0.618. The van der Waals surface area contributed by atoms with Crippen molar-refractivity contribution < 1.29 is 13.9 Å². The highest BCUT2D eigenvalue weighted by molar-refractivity contribution is 6.33. The molecule has 9 heteroatoms. The lowest BCUT2D eigenvalue weighted by molar-refractivity contribution is -0.117. The summed E-state index contributed by atoms with van der Waals surface area (Å²) < 4.78 is 10.9. The number of rotatable bonds is 7. The Hall–Kier alpha value is -2.61. The topological polar surface area (TPSA) is 80.5 Å². The Morgan fingerprint density at radius 1 is 1.21 bits per heavy atom. The molecule has 7 nitrogen and oxygen atoms in total. The second-order valence-electron chi connectivity index (χ2n) is 6.05. The van der Waals surface area contributed by atoms with Gasteiger partial charge in [0.05, 0.1) is 36.5 Å². The van der Waals surface area contributed by atoms with Gasteiger partial charge in [0, 0.05) is 5.02 Å². The van der Waals surface area contributed by atoms with Gasteiger partial charge in [-0.25, -0.2) is 0 Å². The molecule has 146 valence electrons. The molecule has 0 spiro atoms. The van der Waals surface area contributed by atoms with E-state index in [-0.39, 0.29) is 12.5 Å². The third-order valence-corrected chi connectivity index (χ3v) is 4.39. The molecular formula is C19H18Cl2N4O3. The number of aromatic nitrogens is 2. The third kappa shape index (κ3) is 5.01. The van der Waals surface area contributed by atoms with Crippen molar-refractivity contribution in [3.63, 3.8) is 0 Å². The second-order valence-corrected chi connectivity index (χ2v) is 6.89. The highest BCUT2D eigenvalue weighted by Gasteiger charge is 2.15. The van der Waals surface area contributed by atoms with Crippen LogP contribution >= 0.6 is 23.2 Å². The Labute approximate surface area is 172 Å². The average molecular weight is 421 g/mol. The van der Waals surface area contributed by atoms with Crippen LogP contribution in [0.5, 0.6) is 5.75 Å². The summed E-state index contributed by atoms with van der Waals surface area (Å²) in [6.07, 6.45) is 0. The van der Waals surface area contributed by atoms with Crippen molar-refractivity contribution in [2.45, 2.75) is 6.54 Å². The summed E-state index contributed by atoms with van der Waals surface area (Å²) in [4.78, 5) is 14.1. The van der Waals surface area contributed by atoms with Gasteiger partial charge in [-0.3, -0.25) is 9.69 Å². The van der Waals surface area contributed by atoms with Gasteiger partial charge < -0.3 is 14.5 Å². The van der Waals surface area contributed by atoms with Crippen LogP contribution in [0.2, 0.25) is 10.0 Å². The fourth-order valence-corrected chi connectivity index (χ4v) is 2.95. The molecule has 0 radical (unpaired) electrons. The summed E-state index contributed by atoms with van der Waals surface area (Å²) in [6.45, 7) is 0.414. The number of ether oxygens (including phenoxy) is 1. The number of nitrogens with zero attached hydrogens (tertiary/aromatic N) is 3. The Bertz CT molecular complexity index is 977. The van der Waals surface area contributed by atoms with Crippen LogP contribution in [0.4, 0.5) is 5.69 Å². The van der Waals surface area contributed by atoms with E-state index in [4.69, 9.17) is 32.4 Å². The van der Waals surface area contributed by atoms with Gasteiger partial charge in [0.15, 0.2) is 0 Å². The fourth-order valence-electron chi connectivity index (χ4n) is 2.56. The molecule has 2 aromatic carbocycles. The van der Waals surface area contributed by atoms with E-state index in [1.165, 1.54) is 7.11 Å². The maximum atomic E-state index is 12.3. The van der Waals surface area contributed by atoms with E-state index < -0.39 is 0 Å². The zero-order chi connectivity index (χ0) is 20.1. The largest absolute Gasteiger partial charge is 0.495 e. The van der Waals surface area contributed by atoms with Gasteiger partial charge >= 0.3 is 0 Å². The number of benzene rings is 2. The lowest BCUT2D eigenvalue weighted by Gasteiger charge is -2.15. The first-order chi connectivity index (χ1) is 13.5. The number of methoxy groups -OCH3 is 1. The van der Waals surface area contributed by atoms with Crippen molar-refractivity contribution in [1.29, 1.82) is 0 Å². The maximum Gasteiger partial charge on any atom is 0.249 e. The van der Waals surface area contributed by atoms with E-state index in [1.54, 1.807) is 42.3 Å². The molecular weight excluding hydrogens is 403 g/mol. The number of hydrogen-bond acceptors (Lipinski definition) is 6. The van der Waals surface area contributed by atoms with E-state index in [1.807, 2.05) is 12.1 Å². The predicted molar refractivity (Wildman–Crippen MR) is 108 cm³/mol. The van der Waals surface area contributed by atoms with Crippen molar-refractivity contribution in [3.05, 3.63) is 58.4 Å². The summed E-state index contributed by atoms with van der Waals surface area (Å²) >= 11 is 12.1. The summed E-state index contributed by atoms with van der Waals surface area (Å²) in [5.74, 6) is 1.02. The van der Waals surface area contributed by atoms with Crippen LogP contribution in [0.15, 0.2) is 46.9 Å². The average Bonchev–Trinajstić information content (AvgIpc) is 3.10. The summed E-state index contributed by atoms with van der Waals surface area (Å²) in [5, 5.41) is 11.9. The molecule has 0 bridgehead atoms. The summed E-state index contributed by atoms with van der Waals surface area (Å²) in [7, 11) is 3.30. The second kappa shape index (κ2) is 9.05. The zero-order valence-electron chi connectivity index (χ0n) is 15.3. The molecule has 3 aromatic rings. The highest BCUT2D eigenvalue weighted by Crippen LogP contribution is 2.28. The van der Waals surface area contributed by atoms with Crippen molar-refractivity contribution in [3.8, 4) is 17.2 Å². The molecule has 0 aliphatic heterocycles. The fraction of sp³-hybridized carbons (Fsp3) is 0.211. The van der Waals surface area contributed by atoms with E-state index in [2.05, 4.69) is 15.5 Å². The van der Waals surface area contributed by atoms with E-state index in [9.17, 15) is 4.79 Å². The smallest absolute Gasteiger partial charge is 0.249 e. The summed E-state index contributed by atoms with van der Waals surface area (Å²) in [6, 6.07) is 12.2. The number of carbonyl (C=O) groups excluding carboxylic acids is 1. The SMILES string of the molecule is COc1ccc(Cl)cc1NC(=O)CN(C)Cc1nnc(-c2ccccc2Cl)o1. The number of carbonyl (C=O) groups is 1. The van der Waals surface area contributed by atoms with Crippen LogP contribution in [0.25, 0.3) is 11.5 Å². The molecule has 28 heavy (non-hydrogen) atoms. The first kappa shape index (κ1) is 20.1. The Morgan fingerprint density at radius 3 is 2.75 bits per heavy atom. The van der Waals surface area contributed by atoms with E-state index >= 15 is 0 Å². The molecule has 0 aliphatic rings. The molecule has 1 aromatic heterocycles. The highest BCUT2D eigenvalue weighted by atomic mass is 35.5. The molecule has 0 aliphatic carbocycles. The van der Waals surface area contributed by atoms with Crippen LogP contribution in [-0.4, -0.2) is 41.7 Å². The standard InChI is InChI=1S/C19H18Cl2N4O3/c1-25(10-17(26)22-15-9-12(20)7-8-16(15)27-2)11-18-23-24-19(28-18)13-5-3-4-6-14(13)21/h3-9H,10-11H2,1-2H3,(H,22,26). The Kier molecular flexibility index (Phi) is 6.51. The van der Waals surface area contributed by atoms with Crippen LogP contribution in [0, 0.1) is 0 Å². The lowest BCUT2D eigenvalue weighted by atomic mass is 10.2. The number of anilines is 1. The van der Waals surface area contributed by atoms with Gasteiger partial charge in [0.2, 0.25) is 17.7 Å². The van der Waals surface area contributed by atoms with Crippen LogP contribution in [-0.2, 0) is 11.3 Å². The van der Waals surface area contributed by atoms with Gasteiger partial charge in [-0.2, -0.15) is 0 Å². The molecule has 0 saturated carbocycles. The molecule has 3 rings (SSSR count). The number of amides is 1. The van der Waals surface area contributed by atoms with Crippen molar-refractivity contribution >= 4 is 34.8 Å². The van der Waals surface area contributed by atoms with E-state index in [0.717, 1.165) is 0 Å². The van der Waals surface area contributed by atoms with Gasteiger partial charge in [-0.15, -0.1) is 10.2 Å². The molecule has 1 amide bonds. The minimum absolute atomic E-state index is 0.111. The molecule has 0 saturated heterocycles. The summed E-state index contributed by atoms with van der Waals surface area (Å²) in [5.41, 5.74) is 1.17. The van der Waals surface area contributed by atoms with Gasteiger partial charge in [0.25, 0.3) is 0 Å². The van der Waals surface area contributed by atoms with Crippen LogP contribution in [0.1, 0.15) is 5.89 Å². The zero-order valence-corrected chi connectivity index (χ0v) is 16.8. The van der Waals surface area contributed by atoms with Crippen molar-refractivity contribution in [1.82, 2.24) is 15.1 Å². The molecule has 0 fully saturated rings. The first-order valence-corrected chi connectivity index (χ1v) is 9.11. The van der Waals surface area contributed by atoms with Crippen molar-refractivity contribution in [2.75, 3.05) is 26.0 Å². The first-order valence-electron chi connectivity index (χ1n) is 8.35. The van der Waals surface area contributed by atoms with Gasteiger partial charge in [-0.05, 0) is 37.4 Å². The van der Waals surface area contributed by atoms with Gasteiger partial charge in [0.1, 0.15) is 5.75 Å². The lowest BCUT2D eigenvalue weighted by Crippen LogP contribution is -2.30. The number of likely N-dealkylation sites (N-methyl/N-ethyl adjacent to an activating group) is 1. The molecule has 1 N–H and O–H groups in total. The number of hydrogen-bond donors (Lipinski definition) is 1.